The number of aliphatic hydroxyl groups excluding tert-OH is 1. The minimum Gasteiger partial charge on any atom is -0.481 e. The van der Waals surface area contributed by atoms with Crippen molar-refractivity contribution in [3.05, 3.63) is 54.1 Å². The van der Waals surface area contributed by atoms with Crippen molar-refractivity contribution in [1.82, 2.24) is 4.31 Å². The predicted molar refractivity (Wildman–Crippen MR) is 214 cm³/mol. The van der Waals surface area contributed by atoms with Crippen LogP contribution < -0.4 is 15.2 Å². The zero-order valence-corrected chi connectivity index (χ0v) is 35.8. The lowest BCUT2D eigenvalue weighted by Crippen LogP contribution is -2.47. The summed E-state index contributed by atoms with van der Waals surface area (Å²) in [5, 5.41) is 11.1. The minimum atomic E-state index is -4.03. The highest BCUT2D eigenvalue weighted by molar-refractivity contribution is 7.89. The predicted octanol–water partition coefficient (Wildman–Crippen LogP) is 8.59. The third-order valence-corrected chi connectivity index (χ3v) is 13.3. The van der Waals surface area contributed by atoms with E-state index in [1.54, 1.807) is 24.3 Å². The van der Waals surface area contributed by atoms with Gasteiger partial charge in [0.15, 0.2) is 12.7 Å². The lowest BCUT2D eigenvalue weighted by molar-refractivity contribution is 0.116. The SMILES string of the molecule is CCCCOP(=O)(COc1ccc(C[C@H](N)[C@H](O)CN(CC(C)C)S(=O)(=O)c2ccc(OCP(=O)(OCCCC)OCCCC)cc2)cc1)OCCCC. The molecule has 16 heteroatoms. The van der Waals surface area contributed by atoms with Gasteiger partial charge in [-0.3, -0.25) is 9.13 Å². The molecule has 2 aromatic carbocycles. The number of nitrogens with zero attached hydrogens (tertiary/aromatic N) is 1. The van der Waals surface area contributed by atoms with Gasteiger partial charge in [0, 0.05) is 19.1 Å². The average molecular weight is 821 g/mol. The Morgan fingerprint density at radius 3 is 1.43 bits per heavy atom. The van der Waals surface area contributed by atoms with E-state index in [-0.39, 0.29) is 43.0 Å². The first-order chi connectivity index (χ1) is 25.7. The van der Waals surface area contributed by atoms with Gasteiger partial charge in [-0.25, -0.2) is 8.42 Å². The van der Waals surface area contributed by atoms with Crippen molar-refractivity contribution in [3.63, 3.8) is 0 Å². The highest BCUT2D eigenvalue weighted by atomic mass is 32.2. The van der Waals surface area contributed by atoms with Crippen LogP contribution in [0.15, 0.2) is 53.4 Å². The summed E-state index contributed by atoms with van der Waals surface area (Å²) in [5.41, 5.74) is 7.22. The van der Waals surface area contributed by atoms with E-state index in [0.717, 1.165) is 56.9 Å². The zero-order valence-electron chi connectivity index (χ0n) is 33.2. The molecule has 2 atom stereocenters. The van der Waals surface area contributed by atoms with Crippen LogP contribution in [0.25, 0.3) is 0 Å². The van der Waals surface area contributed by atoms with Gasteiger partial charge in [0.1, 0.15) is 11.5 Å². The second-order valence-electron chi connectivity index (χ2n) is 13.8. The van der Waals surface area contributed by atoms with Gasteiger partial charge in [-0.05, 0) is 80.0 Å². The number of ether oxygens (including phenoxy) is 2. The number of hydrogen-bond acceptors (Lipinski definition) is 12. The maximum atomic E-state index is 13.8. The molecule has 0 saturated heterocycles. The normalized spacial score (nSPS) is 13.7. The monoisotopic (exact) mass is 820 g/mol. The first-order valence-corrected chi connectivity index (χ1v) is 24.2. The maximum Gasteiger partial charge on any atom is 0.367 e. The van der Waals surface area contributed by atoms with Crippen LogP contribution in [-0.4, -0.2) is 82.2 Å². The van der Waals surface area contributed by atoms with Gasteiger partial charge < -0.3 is 38.4 Å². The van der Waals surface area contributed by atoms with Gasteiger partial charge in [0.2, 0.25) is 10.0 Å². The van der Waals surface area contributed by atoms with E-state index >= 15 is 0 Å². The standard InChI is InChI=1S/C38H66N2O11P2S/c1-7-11-23-48-52(42,49-24-12-8-2)30-46-34-17-15-33(16-18-34)27-37(39)38(41)29-40(28-32(5)6)54(44,45)36-21-19-35(20-22-36)47-31-53(43,50-25-13-9-3)51-26-14-10-4/h15-22,32,37-38,41H,7-14,23-31,39H2,1-6H3/t37-,38+/m0/s1. The topological polar surface area (TPSA) is 173 Å². The molecule has 0 aliphatic rings. The molecule has 0 saturated carbocycles. The number of hydrogen-bond donors (Lipinski definition) is 2. The number of nitrogens with two attached hydrogens (primary N) is 1. The smallest absolute Gasteiger partial charge is 0.367 e. The molecule has 0 amide bonds. The molecule has 0 bridgehead atoms. The van der Waals surface area contributed by atoms with Gasteiger partial charge in [-0.1, -0.05) is 79.4 Å². The molecule has 0 aliphatic carbocycles. The Labute approximate surface area is 324 Å². The Kier molecular flexibility index (Phi) is 22.8. The summed E-state index contributed by atoms with van der Waals surface area (Å²) >= 11 is 0. The molecule has 0 unspecified atom stereocenters. The van der Waals surface area contributed by atoms with Crippen LogP contribution in [0.3, 0.4) is 0 Å². The number of aliphatic hydroxyl groups is 1. The van der Waals surface area contributed by atoms with Crippen molar-refractivity contribution in [1.29, 1.82) is 0 Å². The fourth-order valence-corrected chi connectivity index (χ4v) is 9.24. The lowest BCUT2D eigenvalue weighted by Gasteiger charge is -2.29. The van der Waals surface area contributed by atoms with Crippen LogP contribution in [-0.2, 0) is 43.7 Å². The summed E-state index contributed by atoms with van der Waals surface area (Å²) in [4.78, 5) is 0.0181. The van der Waals surface area contributed by atoms with E-state index < -0.39 is 37.4 Å². The van der Waals surface area contributed by atoms with Gasteiger partial charge in [0.05, 0.1) is 37.4 Å². The van der Waals surface area contributed by atoms with E-state index in [0.29, 0.717) is 37.9 Å². The summed E-state index contributed by atoms with van der Waals surface area (Å²) in [6, 6.07) is 12.1. The number of sulfonamides is 1. The quantitative estimate of drug-likeness (QED) is 0.0549. The molecule has 0 spiro atoms. The van der Waals surface area contributed by atoms with Crippen molar-refractivity contribution in [3.8, 4) is 11.5 Å². The second-order valence-corrected chi connectivity index (χ2v) is 19.7. The van der Waals surface area contributed by atoms with Crippen LogP contribution in [0.4, 0.5) is 0 Å². The van der Waals surface area contributed by atoms with Crippen LogP contribution in [0.1, 0.15) is 98.5 Å². The van der Waals surface area contributed by atoms with Crippen molar-refractivity contribution in [2.45, 2.75) is 116 Å². The molecule has 2 aromatic rings. The zero-order chi connectivity index (χ0) is 40.0. The van der Waals surface area contributed by atoms with Crippen LogP contribution >= 0.6 is 15.2 Å². The molecule has 13 nitrogen and oxygen atoms in total. The maximum absolute atomic E-state index is 13.8. The van der Waals surface area contributed by atoms with Gasteiger partial charge >= 0.3 is 15.2 Å². The Balaban J connectivity index is 2.05. The molecule has 310 valence electrons. The van der Waals surface area contributed by atoms with Gasteiger partial charge in [0.25, 0.3) is 0 Å². The van der Waals surface area contributed by atoms with E-state index in [1.807, 2.05) is 41.5 Å². The van der Waals surface area contributed by atoms with Crippen molar-refractivity contribution >= 4 is 25.2 Å². The summed E-state index contributed by atoms with van der Waals surface area (Å²) in [6.07, 6.45) is 5.17. The largest absolute Gasteiger partial charge is 0.481 e. The fourth-order valence-electron chi connectivity index (χ4n) is 4.93. The molecule has 54 heavy (non-hydrogen) atoms. The summed E-state index contributed by atoms with van der Waals surface area (Å²) < 4.78 is 89.2. The number of benzene rings is 2. The van der Waals surface area contributed by atoms with E-state index in [1.165, 1.54) is 28.6 Å². The van der Waals surface area contributed by atoms with Crippen LogP contribution in [0.5, 0.6) is 11.5 Å². The summed E-state index contributed by atoms with van der Waals surface area (Å²) in [7, 11) is -11.0. The Bertz CT molecular complexity index is 1480. The molecule has 0 fully saturated rings. The molecule has 2 rings (SSSR count). The Hall–Kier alpha value is -1.83. The Morgan fingerprint density at radius 1 is 0.667 bits per heavy atom. The lowest BCUT2D eigenvalue weighted by atomic mass is 10.0. The van der Waals surface area contributed by atoms with Gasteiger partial charge in [-0.2, -0.15) is 4.31 Å². The molecule has 3 N–H and O–H groups in total. The van der Waals surface area contributed by atoms with E-state index in [2.05, 4.69) is 0 Å². The summed E-state index contributed by atoms with van der Waals surface area (Å²) in [6.45, 7) is 13.0. The van der Waals surface area contributed by atoms with E-state index in [9.17, 15) is 22.7 Å². The molecular formula is C38H66N2O11P2S. The highest BCUT2D eigenvalue weighted by Crippen LogP contribution is 2.49. The fraction of sp³-hybridized carbons (Fsp3) is 0.684. The van der Waals surface area contributed by atoms with Crippen LogP contribution in [0.2, 0.25) is 0 Å². The first-order valence-electron chi connectivity index (χ1n) is 19.3. The minimum absolute atomic E-state index is 0.0181. The molecule has 0 radical (unpaired) electrons. The Morgan fingerprint density at radius 2 is 1.06 bits per heavy atom. The second kappa shape index (κ2) is 25.4. The van der Waals surface area contributed by atoms with Gasteiger partial charge in [-0.15, -0.1) is 0 Å². The van der Waals surface area contributed by atoms with Crippen molar-refractivity contribution in [2.75, 3.05) is 52.2 Å². The van der Waals surface area contributed by atoms with Crippen molar-refractivity contribution < 1.29 is 50.2 Å². The third kappa shape index (κ3) is 18.0. The number of unbranched alkanes of at least 4 members (excludes halogenated alkanes) is 4. The molecule has 0 aromatic heterocycles. The molecule has 0 aliphatic heterocycles. The summed E-state index contributed by atoms with van der Waals surface area (Å²) in [5.74, 6) is 0.764. The van der Waals surface area contributed by atoms with E-state index in [4.69, 9.17) is 33.3 Å². The highest BCUT2D eigenvalue weighted by Gasteiger charge is 2.31. The van der Waals surface area contributed by atoms with Crippen molar-refractivity contribution in [2.24, 2.45) is 11.7 Å². The third-order valence-electron chi connectivity index (χ3n) is 8.23. The number of rotatable bonds is 31. The average Bonchev–Trinajstić information content (AvgIpc) is 3.14. The first kappa shape index (κ1) is 48.3. The molecular weight excluding hydrogens is 754 g/mol. The molecule has 0 heterocycles. The van der Waals surface area contributed by atoms with Crippen LogP contribution in [0, 0.1) is 5.92 Å².